The van der Waals surface area contributed by atoms with Crippen molar-refractivity contribution in [2.45, 2.75) is 19.4 Å². The molecular weight excluding hydrogens is 322 g/mol. The first-order chi connectivity index (χ1) is 9.20. The number of benzene rings is 1. The Morgan fingerprint density at radius 3 is 2.58 bits per heavy atom. The van der Waals surface area contributed by atoms with Gasteiger partial charge in [-0.15, -0.1) is 11.3 Å². The van der Waals surface area contributed by atoms with E-state index in [1.54, 1.807) is 18.4 Å². The fraction of sp³-hybridized carbons (Fsp3) is 0.333. The van der Waals surface area contributed by atoms with Crippen LogP contribution in [0, 0.1) is 0 Å². The summed E-state index contributed by atoms with van der Waals surface area (Å²) in [5, 5.41) is 5.66. The van der Waals surface area contributed by atoms with Gasteiger partial charge in [0.25, 0.3) is 0 Å². The minimum atomic E-state index is 0.382. The maximum Gasteiger partial charge on any atom is 0.118 e. The van der Waals surface area contributed by atoms with Crippen LogP contribution < -0.4 is 10.1 Å². The Balaban J connectivity index is 1.81. The Hall–Kier alpha value is -0.840. The molecule has 0 aliphatic carbocycles. The molecule has 0 fully saturated rings. The topological polar surface area (TPSA) is 21.3 Å². The van der Waals surface area contributed by atoms with Gasteiger partial charge in [-0.05, 0) is 65.0 Å². The van der Waals surface area contributed by atoms with Crippen molar-refractivity contribution in [3.63, 3.8) is 0 Å². The summed E-state index contributed by atoms with van der Waals surface area (Å²) >= 11 is 5.36. The zero-order chi connectivity index (χ0) is 13.7. The molecule has 2 aromatic rings. The van der Waals surface area contributed by atoms with Gasteiger partial charge < -0.3 is 10.1 Å². The van der Waals surface area contributed by atoms with Gasteiger partial charge in [0, 0.05) is 15.4 Å². The number of halogens is 1. The molecule has 0 saturated heterocycles. The zero-order valence-electron chi connectivity index (χ0n) is 11.2. The van der Waals surface area contributed by atoms with Gasteiger partial charge >= 0.3 is 0 Å². The van der Waals surface area contributed by atoms with Crippen molar-refractivity contribution in [3.8, 4) is 5.75 Å². The third kappa shape index (κ3) is 4.06. The highest BCUT2D eigenvalue weighted by atomic mass is 79.9. The molecule has 0 bridgehead atoms. The van der Waals surface area contributed by atoms with E-state index in [4.69, 9.17) is 4.74 Å². The lowest BCUT2D eigenvalue weighted by Crippen LogP contribution is -2.20. The van der Waals surface area contributed by atoms with Crippen LogP contribution >= 0.6 is 27.3 Å². The maximum atomic E-state index is 5.15. The van der Waals surface area contributed by atoms with E-state index in [1.807, 2.05) is 12.1 Å². The van der Waals surface area contributed by atoms with Crippen molar-refractivity contribution < 1.29 is 4.74 Å². The van der Waals surface area contributed by atoms with Crippen molar-refractivity contribution >= 4 is 27.3 Å². The number of methoxy groups -OCH3 is 1. The van der Waals surface area contributed by atoms with E-state index < -0.39 is 0 Å². The molecule has 19 heavy (non-hydrogen) atoms. The van der Waals surface area contributed by atoms with E-state index in [2.05, 4.69) is 51.7 Å². The molecular formula is C15H18BrNOS. The fourth-order valence-electron chi connectivity index (χ4n) is 1.93. The molecule has 1 aromatic heterocycles. The largest absolute Gasteiger partial charge is 0.497 e. The number of hydrogen-bond donors (Lipinski definition) is 1. The highest BCUT2D eigenvalue weighted by Gasteiger charge is 2.09. The summed E-state index contributed by atoms with van der Waals surface area (Å²) in [6, 6.07) is 10.7. The van der Waals surface area contributed by atoms with E-state index in [-0.39, 0.29) is 0 Å². The Morgan fingerprint density at radius 1 is 1.26 bits per heavy atom. The van der Waals surface area contributed by atoms with Crippen molar-refractivity contribution in [3.05, 3.63) is 50.6 Å². The lowest BCUT2D eigenvalue weighted by molar-refractivity contribution is 0.414. The molecule has 1 aromatic carbocycles. The molecule has 4 heteroatoms. The molecule has 102 valence electrons. The molecule has 0 radical (unpaired) electrons. The number of ether oxygens (including phenoxy) is 1. The average molecular weight is 340 g/mol. The summed E-state index contributed by atoms with van der Waals surface area (Å²) in [7, 11) is 1.69. The van der Waals surface area contributed by atoms with Crippen LogP contribution in [0.15, 0.2) is 40.2 Å². The Kier molecular flexibility index (Phi) is 5.43. The number of thiophene rings is 1. The van der Waals surface area contributed by atoms with Gasteiger partial charge in [0.05, 0.1) is 7.11 Å². The summed E-state index contributed by atoms with van der Waals surface area (Å²) in [5.41, 5.74) is 1.32. The van der Waals surface area contributed by atoms with E-state index in [1.165, 1.54) is 14.9 Å². The first kappa shape index (κ1) is 14.6. The van der Waals surface area contributed by atoms with Crippen LogP contribution in [0.4, 0.5) is 0 Å². The molecule has 0 spiro atoms. The Bertz CT molecular complexity index is 509. The molecule has 2 rings (SSSR count). The van der Waals surface area contributed by atoms with Crippen LogP contribution in [-0.4, -0.2) is 13.7 Å². The van der Waals surface area contributed by atoms with Crippen LogP contribution in [0.2, 0.25) is 0 Å². The first-order valence-corrected chi connectivity index (χ1v) is 7.97. The van der Waals surface area contributed by atoms with Gasteiger partial charge in [0.1, 0.15) is 5.75 Å². The first-order valence-electron chi connectivity index (χ1n) is 6.30. The lowest BCUT2D eigenvalue weighted by Gasteiger charge is -2.13. The maximum absolute atomic E-state index is 5.15. The smallest absolute Gasteiger partial charge is 0.118 e. The molecule has 0 aliphatic heterocycles. The van der Waals surface area contributed by atoms with E-state index in [9.17, 15) is 0 Å². The minimum Gasteiger partial charge on any atom is -0.497 e. The highest BCUT2D eigenvalue weighted by molar-refractivity contribution is 9.10. The summed E-state index contributed by atoms with van der Waals surface area (Å²) in [6.07, 6.45) is 1.03. The molecule has 1 heterocycles. The molecule has 2 nitrogen and oxygen atoms in total. The van der Waals surface area contributed by atoms with Crippen molar-refractivity contribution in [1.82, 2.24) is 5.32 Å². The Labute approximate surface area is 126 Å². The van der Waals surface area contributed by atoms with Gasteiger partial charge in [-0.1, -0.05) is 12.1 Å². The predicted octanol–water partition coefficient (Wildman–Crippen LogP) is 4.41. The van der Waals surface area contributed by atoms with Crippen molar-refractivity contribution in [2.24, 2.45) is 0 Å². The molecule has 1 atom stereocenters. The number of rotatable bonds is 6. The monoisotopic (exact) mass is 339 g/mol. The van der Waals surface area contributed by atoms with E-state index in [0.717, 1.165) is 18.7 Å². The van der Waals surface area contributed by atoms with Crippen molar-refractivity contribution in [2.75, 3.05) is 13.7 Å². The van der Waals surface area contributed by atoms with E-state index >= 15 is 0 Å². The molecule has 0 aliphatic rings. The predicted molar refractivity (Wildman–Crippen MR) is 85.1 cm³/mol. The molecule has 0 saturated carbocycles. The normalized spacial score (nSPS) is 12.4. The molecule has 1 unspecified atom stereocenters. The SMILES string of the molecule is COc1ccc(CCNC(C)c2sccc2Br)cc1. The van der Waals surface area contributed by atoms with E-state index in [0.29, 0.717) is 6.04 Å². The second-order valence-corrected chi connectivity index (χ2v) is 6.21. The highest BCUT2D eigenvalue weighted by Crippen LogP contribution is 2.28. The van der Waals surface area contributed by atoms with Crippen LogP contribution in [0.1, 0.15) is 23.4 Å². The van der Waals surface area contributed by atoms with Crippen molar-refractivity contribution in [1.29, 1.82) is 0 Å². The molecule has 1 N–H and O–H groups in total. The summed E-state index contributed by atoms with van der Waals surface area (Å²) in [4.78, 5) is 1.36. The standard InChI is InChI=1S/C15H18BrNOS/c1-11(15-14(16)8-10-19-15)17-9-7-12-3-5-13(18-2)6-4-12/h3-6,8,10-11,17H,7,9H2,1-2H3. The minimum absolute atomic E-state index is 0.382. The third-order valence-electron chi connectivity index (χ3n) is 3.06. The summed E-state index contributed by atoms with van der Waals surface area (Å²) < 4.78 is 6.35. The Morgan fingerprint density at radius 2 is 2.00 bits per heavy atom. The lowest BCUT2D eigenvalue weighted by atomic mass is 10.1. The van der Waals surface area contributed by atoms with Crippen LogP contribution in [0.3, 0.4) is 0 Å². The second-order valence-electron chi connectivity index (χ2n) is 4.41. The zero-order valence-corrected chi connectivity index (χ0v) is 13.6. The van der Waals surface area contributed by atoms with Gasteiger partial charge in [0.15, 0.2) is 0 Å². The van der Waals surface area contributed by atoms with Crippen LogP contribution in [0.5, 0.6) is 5.75 Å². The quantitative estimate of drug-likeness (QED) is 0.841. The molecule has 0 amide bonds. The van der Waals surface area contributed by atoms with Crippen LogP contribution in [-0.2, 0) is 6.42 Å². The summed E-state index contributed by atoms with van der Waals surface area (Å²) in [6.45, 7) is 3.17. The van der Waals surface area contributed by atoms with Gasteiger partial charge in [-0.25, -0.2) is 0 Å². The van der Waals surface area contributed by atoms with Crippen LogP contribution in [0.25, 0.3) is 0 Å². The average Bonchev–Trinajstić information content (AvgIpc) is 2.86. The second kappa shape index (κ2) is 7.08. The summed E-state index contributed by atoms with van der Waals surface area (Å²) in [5.74, 6) is 0.910. The third-order valence-corrected chi connectivity index (χ3v) is 5.11. The fourth-order valence-corrected chi connectivity index (χ4v) is 3.68. The van der Waals surface area contributed by atoms with Gasteiger partial charge in [0.2, 0.25) is 0 Å². The number of hydrogen-bond acceptors (Lipinski definition) is 3. The number of nitrogens with one attached hydrogen (secondary N) is 1. The van der Waals surface area contributed by atoms with Gasteiger partial charge in [-0.2, -0.15) is 0 Å². The van der Waals surface area contributed by atoms with Gasteiger partial charge in [-0.3, -0.25) is 0 Å².